The molecule has 1 heterocycles. The zero-order valence-electron chi connectivity index (χ0n) is 11.0. The molecule has 0 aliphatic rings. The Morgan fingerprint density at radius 2 is 2.10 bits per heavy atom. The smallest absolute Gasteiger partial charge is 0.272 e. The molecule has 0 bridgehead atoms. The van der Waals surface area contributed by atoms with E-state index in [1.165, 1.54) is 17.0 Å². The van der Waals surface area contributed by atoms with Crippen molar-refractivity contribution in [2.75, 3.05) is 0 Å². The van der Waals surface area contributed by atoms with E-state index in [1.54, 1.807) is 26.0 Å². The Morgan fingerprint density at radius 3 is 2.75 bits per heavy atom. The van der Waals surface area contributed by atoms with Crippen LogP contribution in [0.4, 0.5) is 5.69 Å². The molecule has 0 fully saturated rings. The van der Waals surface area contributed by atoms with E-state index in [2.05, 4.69) is 4.98 Å². The molecule has 0 saturated heterocycles. The third-order valence-corrected chi connectivity index (χ3v) is 4.35. The minimum absolute atomic E-state index is 0.0605. The molecule has 20 heavy (non-hydrogen) atoms. The van der Waals surface area contributed by atoms with Gasteiger partial charge in [0.15, 0.2) is 0 Å². The number of aryl methyl sites for hydroxylation is 1. The monoisotopic (exact) mass is 385 g/mol. The van der Waals surface area contributed by atoms with Crippen LogP contribution in [-0.2, 0) is 6.54 Å². The summed E-state index contributed by atoms with van der Waals surface area (Å²) in [6.45, 7) is 3.73. The molecule has 7 heteroatoms. The van der Waals surface area contributed by atoms with Crippen LogP contribution in [-0.4, -0.2) is 14.5 Å². The van der Waals surface area contributed by atoms with Crippen LogP contribution in [0, 0.1) is 27.5 Å². The maximum Gasteiger partial charge on any atom is 0.272 e. The van der Waals surface area contributed by atoms with Gasteiger partial charge in [0, 0.05) is 11.6 Å². The van der Waals surface area contributed by atoms with Gasteiger partial charge in [-0.25, -0.2) is 4.98 Å². The van der Waals surface area contributed by atoms with Crippen molar-refractivity contribution in [2.45, 2.75) is 20.4 Å². The van der Waals surface area contributed by atoms with Gasteiger partial charge in [0.25, 0.3) is 11.2 Å². The highest BCUT2D eigenvalue weighted by molar-refractivity contribution is 14.1. The van der Waals surface area contributed by atoms with Gasteiger partial charge in [-0.2, -0.15) is 0 Å². The predicted octanol–water partition coefficient (Wildman–Crippen LogP) is 2.42. The van der Waals surface area contributed by atoms with E-state index in [0.717, 1.165) is 5.56 Å². The van der Waals surface area contributed by atoms with E-state index in [-0.39, 0.29) is 17.8 Å². The largest absolute Gasteiger partial charge is 0.294 e. The topological polar surface area (TPSA) is 78.0 Å². The van der Waals surface area contributed by atoms with Crippen LogP contribution in [0.2, 0.25) is 0 Å². The first kappa shape index (κ1) is 14.6. The molecule has 1 aromatic heterocycles. The first-order chi connectivity index (χ1) is 9.41. The summed E-state index contributed by atoms with van der Waals surface area (Å²) in [7, 11) is 0. The van der Waals surface area contributed by atoms with Crippen molar-refractivity contribution in [1.29, 1.82) is 0 Å². The van der Waals surface area contributed by atoms with Crippen LogP contribution in [0.15, 0.2) is 29.3 Å². The second-order valence-electron chi connectivity index (χ2n) is 4.40. The van der Waals surface area contributed by atoms with Crippen molar-refractivity contribution in [3.8, 4) is 0 Å². The minimum atomic E-state index is -0.418. The molecule has 0 atom stereocenters. The van der Waals surface area contributed by atoms with Gasteiger partial charge in [-0.1, -0.05) is 12.1 Å². The van der Waals surface area contributed by atoms with Gasteiger partial charge in [0.2, 0.25) is 0 Å². The lowest BCUT2D eigenvalue weighted by Gasteiger charge is -2.09. The molecule has 0 spiro atoms. The third-order valence-electron chi connectivity index (χ3n) is 3.11. The first-order valence-electron chi connectivity index (χ1n) is 5.86. The summed E-state index contributed by atoms with van der Waals surface area (Å²) < 4.78 is 2.02. The molecule has 0 aliphatic heterocycles. The number of halogens is 1. The Morgan fingerprint density at radius 1 is 1.40 bits per heavy atom. The molecular formula is C13H12IN3O3. The Labute approximate surface area is 128 Å². The number of nitro groups is 1. The standard InChI is InChI=1S/C13H12IN3O3/c1-8-10(4-3-5-11(8)17(19)20)6-16-7-15-9(2)12(14)13(16)18/h3-5,7H,6H2,1-2H3. The maximum atomic E-state index is 12.1. The lowest BCUT2D eigenvalue weighted by atomic mass is 10.1. The fraction of sp³-hybridized carbons (Fsp3) is 0.231. The van der Waals surface area contributed by atoms with Crippen molar-refractivity contribution in [1.82, 2.24) is 9.55 Å². The highest BCUT2D eigenvalue weighted by Crippen LogP contribution is 2.21. The van der Waals surface area contributed by atoms with Gasteiger partial charge < -0.3 is 0 Å². The molecule has 0 N–H and O–H groups in total. The van der Waals surface area contributed by atoms with Crippen molar-refractivity contribution < 1.29 is 4.92 Å². The third kappa shape index (κ3) is 2.72. The summed E-state index contributed by atoms with van der Waals surface area (Å²) in [4.78, 5) is 26.7. The summed E-state index contributed by atoms with van der Waals surface area (Å²) in [5.74, 6) is 0. The number of nitro benzene ring substituents is 1. The number of rotatable bonds is 3. The summed E-state index contributed by atoms with van der Waals surface area (Å²) in [5, 5.41) is 10.9. The van der Waals surface area contributed by atoms with Crippen LogP contribution >= 0.6 is 22.6 Å². The molecule has 104 valence electrons. The van der Waals surface area contributed by atoms with Crippen molar-refractivity contribution in [3.63, 3.8) is 0 Å². The molecule has 1 aromatic carbocycles. The normalized spacial score (nSPS) is 10.6. The number of aromatic nitrogens is 2. The van der Waals surface area contributed by atoms with Crippen LogP contribution in [0.3, 0.4) is 0 Å². The molecule has 2 rings (SSSR count). The van der Waals surface area contributed by atoms with E-state index in [0.29, 0.717) is 14.8 Å². The Kier molecular flexibility index (Phi) is 4.17. The highest BCUT2D eigenvalue weighted by atomic mass is 127. The van der Waals surface area contributed by atoms with Gasteiger partial charge in [-0.15, -0.1) is 0 Å². The van der Waals surface area contributed by atoms with Gasteiger partial charge in [0.1, 0.15) is 0 Å². The van der Waals surface area contributed by atoms with Gasteiger partial charge >= 0.3 is 0 Å². The van der Waals surface area contributed by atoms with E-state index < -0.39 is 4.92 Å². The SMILES string of the molecule is Cc1ncn(Cc2cccc([N+](=O)[O-])c2C)c(=O)c1I. The number of benzene rings is 1. The van der Waals surface area contributed by atoms with Gasteiger partial charge in [-0.05, 0) is 42.0 Å². The number of nitrogens with zero attached hydrogens (tertiary/aromatic N) is 3. The molecule has 0 radical (unpaired) electrons. The maximum absolute atomic E-state index is 12.1. The van der Waals surface area contributed by atoms with Crippen molar-refractivity contribution >= 4 is 28.3 Å². The van der Waals surface area contributed by atoms with Crippen molar-refractivity contribution in [2.24, 2.45) is 0 Å². The molecule has 0 aliphatic carbocycles. The van der Waals surface area contributed by atoms with E-state index >= 15 is 0 Å². The summed E-state index contributed by atoms with van der Waals surface area (Å²) in [6.07, 6.45) is 1.47. The second-order valence-corrected chi connectivity index (χ2v) is 5.47. The molecule has 2 aromatic rings. The van der Waals surface area contributed by atoms with Crippen LogP contribution in [0.5, 0.6) is 0 Å². The molecular weight excluding hydrogens is 373 g/mol. The summed E-state index contributed by atoms with van der Waals surface area (Å²) >= 11 is 1.96. The molecule has 0 saturated carbocycles. The molecule has 6 nitrogen and oxygen atoms in total. The average Bonchev–Trinajstić information content (AvgIpc) is 2.41. The average molecular weight is 385 g/mol. The lowest BCUT2D eigenvalue weighted by Crippen LogP contribution is -2.24. The Hall–Kier alpha value is -1.77. The van der Waals surface area contributed by atoms with Crippen LogP contribution in [0.25, 0.3) is 0 Å². The van der Waals surface area contributed by atoms with Gasteiger partial charge in [-0.3, -0.25) is 19.5 Å². The van der Waals surface area contributed by atoms with Crippen LogP contribution in [0.1, 0.15) is 16.8 Å². The fourth-order valence-corrected chi connectivity index (χ4v) is 2.33. The van der Waals surface area contributed by atoms with E-state index in [9.17, 15) is 14.9 Å². The molecule has 0 unspecified atom stereocenters. The first-order valence-corrected chi connectivity index (χ1v) is 6.94. The highest BCUT2D eigenvalue weighted by Gasteiger charge is 2.14. The summed E-state index contributed by atoms with van der Waals surface area (Å²) in [6, 6.07) is 4.86. The zero-order chi connectivity index (χ0) is 14.9. The predicted molar refractivity (Wildman–Crippen MR) is 82.9 cm³/mol. The quantitative estimate of drug-likeness (QED) is 0.462. The Bertz CT molecular complexity index is 740. The molecule has 0 amide bonds. The lowest BCUT2D eigenvalue weighted by molar-refractivity contribution is -0.385. The Balaban J connectivity index is 2.46. The second kappa shape index (κ2) is 5.70. The van der Waals surface area contributed by atoms with Gasteiger partial charge in [0.05, 0.1) is 27.1 Å². The van der Waals surface area contributed by atoms with E-state index in [1.807, 2.05) is 22.6 Å². The fourth-order valence-electron chi connectivity index (χ4n) is 1.88. The zero-order valence-corrected chi connectivity index (χ0v) is 13.1. The van der Waals surface area contributed by atoms with Crippen molar-refractivity contribution in [3.05, 3.63) is 65.4 Å². The van der Waals surface area contributed by atoms with E-state index in [4.69, 9.17) is 0 Å². The minimum Gasteiger partial charge on any atom is -0.294 e. The number of hydrogen-bond acceptors (Lipinski definition) is 4. The summed E-state index contributed by atoms with van der Waals surface area (Å²) in [5.41, 5.74) is 1.92. The van der Waals surface area contributed by atoms with Crippen LogP contribution < -0.4 is 5.56 Å². The number of hydrogen-bond donors (Lipinski definition) is 0.